The highest BCUT2D eigenvalue weighted by Gasteiger charge is 2.32. The zero-order valence-corrected chi connectivity index (χ0v) is 20.2. The van der Waals surface area contributed by atoms with Crippen LogP contribution in [0, 0.1) is 3.57 Å². The molecule has 0 saturated carbocycles. The summed E-state index contributed by atoms with van der Waals surface area (Å²) >= 11 is 3.58. The van der Waals surface area contributed by atoms with Gasteiger partial charge in [0.2, 0.25) is 0 Å². The number of halogens is 1. The summed E-state index contributed by atoms with van der Waals surface area (Å²) in [5, 5.41) is 0.659. The van der Waals surface area contributed by atoms with E-state index in [9.17, 15) is 4.79 Å². The molecule has 0 N–H and O–H groups in total. The molecular formula is C22H23IN2O4S. The molecule has 2 aromatic carbocycles. The molecule has 30 heavy (non-hydrogen) atoms. The highest BCUT2D eigenvalue weighted by Crippen LogP contribution is 2.38. The van der Waals surface area contributed by atoms with E-state index in [1.807, 2.05) is 56.3 Å². The van der Waals surface area contributed by atoms with Gasteiger partial charge in [-0.3, -0.25) is 9.69 Å². The summed E-state index contributed by atoms with van der Waals surface area (Å²) in [5.41, 5.74) is 1.64. The van der Waals surface area contributed by atoms with Crippen LogP contribution in [0.15, 0.2) is 46.3 Å². The van der Waals surface area contributed by atoms with Crippen molar-refractivity contribution in [3.05, 3.63) is 50.4 Å². The summed E-state index contributed by atoms with van der Waals surface area (Å²) < 4.78 is 17.3. The van der Waals surface area contributed by atoms with E-state index < -0.39 is 0 Å². The molecule has 0 atom stereocenters. The van der Waals surface area contributed by atoms with E-state index in [1.165, 1.54) is 11.8 Å². The molecule has 1 heterocycles. The van der Waals surface area contributed by atoms with Crippen molar-refractivity contribution in [2.45, 2.75) is 13.8 Å². The SMILES string of the molecule is CCOc1cc(C=C2SC(=Nc3ccc(OC)cc3)N(CC)C2=O)cc(I)c1OC. The molecule has 1 aliphatic rings. The van der Waals surface area contributed by atoms with Crippen molar-refractivity contribution < 1.29 is 19.0 Å². The van der Waals surface area contributed by atoms with Crippen LogP contribution in [0.3, 0.4) is 0 Å². The summed E-state index contributed by atoms with van der Waals surface area (Å²) in [6.07, 6.45) is 1.87. The third-order valence-electron chi connectivity index (χ3n) is 4.34. The molecular weight excluding hydrogens is 515 g/mol. The van der Waals surface area contributed by atoms with Crippen LogP contribution in [0.2, 0.25) is 0 Å². The number of benzene rings is 2. The number of rotatable bonds is 7. The molecule has 1 aliphatic heterocycles. The fraction of sp³-hybridized carbons (Fsp3) is 0.273. The zero-order valence-electron chi connectivity index (χ0n) is 17.3. The fourth-order valence-electron chi connectivity index (χ4n) is 2.92. The molecule has 0 aliphatic carbocycles. The molecule has 0 radical (unpaired) electrons. The Balaban J connectivity index is 1.94. The predicted molar refractivity (Wildman–Crippen MR) is 130 cm³/mol. The molecule has 0 spiro atoms. The van der Waals surface area contributed by atoms with E-state index in [2.05, 4.69) is 27.6 Å². The molecule has 0 aromatic heterocycles. The van der Waals surface area contributed by atoms with Crippen molar-refractivity contribution in [3.63, 3.8) is 0 Å². The Labute approximate surface area is 194 Å². The number of amides is 1. The molecule has 0 unspecified atom stereocenters. The monoisotopic (exact) mass is 538 g/mol. The lowest BCUT2D eigenvalue weighted by Crippen LogP contribution is -2.28. The Morgan fingerprint density at radius 2 is 1.87 bits per heavy atom. The molecule has 8 heteroatoms. The van der Waals surface area contributed by atoms with E-state index >= 15 is 0 Å². The Bertz CT molecular complexity index is 989. The number of carbonyl (C=O) groups excluding carboxylic acids is 1. The van der Waals surface area contributed by atoms with Crippen molar-refractivity contribution in [1.82, 2.24) is 4.90 Å². The van der Waals surface area contributed by atoms with Crippen molar-refractivity contribution in [3.8, 4) is 17.2 Å². The van der Waals surface area contributed by atoms with Gasteiger partial charge in [-0.25, -0.2) is 4.99 Å². The number of thioether (sulfide) groups is 1. The lowest BCUT2D eigenvalue weighted by atomic mass is 10.2. The van der Waals surface area contributed by atoms with Gasteiger partial charge in [-0.1, -0.05) is 0 Å². The summed E-state index contributed by atoms with van der Waals surface area (Å²) in [7, 11) is 3.25. The summed E-state index contributed by atoms with van der Waals surface area (Å²) in [6.45, 7) is 4.94. The molecule has 0 bridgehead atoms. The Kier molecular flexibility index (Phi) is 7.65. The van der Waals surface area contributed by atoms with Crippen LogP contribution in [-0.4, -0.2) is 43.3 Å². The molecule has 1 amide bonds. The minimum Gasteiger partial charge on any atom is -0.497 e. The van der Waals surface area contributed by atoms with Gasteiger partial charge in [0.05, 0.1) is 35.0 Å². The van der Waals surface area contributed by atoms with Crippen LogP contribution in [-0.2, 0) is 4.79 Å². The van der Waals surface area contributed by atoms with Crippen molar-refractivity contribution >= 4 is 57.2 Å². The second kappa shape index (κ2) is 10.2. The average Bonchev–Trinajstić information content (AvgIpc) is 3.02. The first-order valence-electron chi connectivity index (χ1n) is 9.45. The summed E-state index contributed by atoms with van der Waals surface area (Å²) in [5.74, 6) is 2.07. The van der Waals surface area contributed by atoms with Gasteiger partial charge in [0.15, 0.2) is 16.7 Å². The van der Waals surface area contributed by atoms with E-state index in [1.54, 1.807) is 19.1 Å². The highest BCUT2D eigenvalue weighted by atomic mass is 127. The Morgan fingerprint density at radius 1 is 1.13 bits per heavy atom. The van der Waals surface area contributed by atoms with Gasteiger partial charge in [-0.2, -0.15) is 0 Å². The quantitative estimate of drug-likeness (QED) is 0.353. The first-order valence-corrected chi connectivity index (χ1v) is 11.3. The number of likely N-dealkylation sites (N-methyl/N-ethyl adjacent to an activating group) is 1. The number of amidine groups is 1. The third kappa shape index (κ3) is 4.92. The van der Waals surface area contributed by atoms with Crippen LogP contribution in [0.4, 0.5) is 5.69 Å². The van der Waals surface area contributed by atoms with Gasteiger partial charge in [-0.15, -0.1) is 0 Å². The van der Waals surface area contributed by atoms with Crippen LogP contribution in [0.25, 0.3) is 6.08 Å². The van der Waals surface area contributed by atoms with Crippen LogP contribution in [0.5, 0.6) is 17.2 Å². The number of aliphatic imine (C=N–C) groups is 1. The number of hydrogen-bond donors (Lipinski definition) is 0. The Hall–Kier alpha value is -2.20. The van der Waals surface area contributed by atoms with E-state index in [4.69, 9.17) is 14.2 Å². The summed E-state index contributed by atoms with van der Waals surface area (Å²) in [6, 6.07) is 11.3. The maximum Gasteiger partial charge on any atom is 0.266 e. The topological polar surface area (TPSA) is 60.4 Å². The van der Waals surface area contributed by atoms with Crippen molar-refractivity contribution in [2.75, 3.05) is 27.4 Å². The van der Waals surface area contributed by atoms with Gasteiger partial charge in [-0.05, 0) is 96.2 Å². The first-order chi connectivity index (χ1) is 14.5. The van der Waals surface area contributed by atoms with E-state index in [-0.39, 0.29) is 5.91 Å². The van der Waals surface area contributed by atoms with Gasteiger partial charge in [0.1, 0.15) is 5.75 Å². The number of hydrogen-bond acceptors (Lipinski definition) is 6. The minimum atomic E-state index is -0.0569. The lowest BCUT2D eigenvalue weighted by Gasteiger charge is -2.12. The molecule has 1 saturated heterocycles. The fourth-order valence-corrected chi connectivity index (χ4v) is 4.83. The normalized spacial score (nSPS) is 16.4. The molecule has 158 valence electrons. The zero-order chi connectivity index (χ0) is 21.7. The van der Waals surface area contributed by atoms with Crippen LogP contribution in [0.1, 0.15) is 19.4 Å². The van der Waals surface area contributed by atoms with Crippen molar-refractivity contribution in [1.29, 1.82) is 0 Å². The lowest BCUT2D eigenvalue weighted by molar-refractivity contribution is -0.122. The van der Waals surface area contributed by atoms with Gasteiger partial charge >= 0.3 is 0 Å². The minimum absolute atomic E-state index is 0.0569. The largest absolute Gasteiger partial charge is 0.497 e. The van der Waals surface area contributed by atoms with Gasteiger partial charge in [0, 0.05) is 6.54 Å². The first kappa shape index (κ1) is 22.5. The maximum absolute atomic E-state index is 12.9. The van der Waals surface area contributed by atoms with Gasteiger partial charge in [0.25, 0.3) is 5.91 Å². The molecule has 2 aromatic rings. The van der Waals surface area contributed by atoms with Crippen molar-refractivity contribution in [2.24, 2.45) is 4.99 Å². The molecule has 3 rings (SSSR count). The van der Waals surface area contributed by atoms with E-state index in [0.29, 0.717) is 34.7 Å². The Morgan fingerprint density at radius 3 is 2.47 bits per heavy atom. The number of methoxy groups -OCH3 is 2. The van der Waals surface area contributed by atoms with E-state index in [0.717, 1.165) is 20.6 Å². The second-order valence-electron chi connectivity index (χ2n) is 6.22. The number of carbonyl (C=O) groups is 1. The standard InChI is InChI=1S/C22H23IN2O4S/c1-5-25-21(26)19(30-22(25)24-15-7-9-16(27-3)10-8-15)13-14-11-17(23)20(28-4)18(12-14)29-6-2/h7-13H,5-6H2,1-4H3. The highest BCUT2D eigenvalue weighted by molar-refractivity contribution is 14.1. The smallest absolute Gasteiger partial charge is 0.266 e. The average molecular weight is 538 g/mol. The van der Waals surface area contributed by atoms with Crippen LogP contribution >= 0.6 is 34.4 Å². The predicted octanol–water partition coefficient (Wildman–Crippen LogP) is 5.33. The second-order valence-corrected chi connectivity index (χ2v) is 8.39. The number of nitrogens with zero attached hydrogens (tertiary/aromatic N) is 2. The van der Waals surface area contributed by atoms with Crippen LogP contribution < -0.4 is 14.2 Å². The molecule has 6 nitrogen and oxygen atoms in total. The summed E-state index contributed by atoms with van der Waals surface area (Å²) in [4.78, 5) is 19.9. The third-order valence-corrected chi connectivity index (χ3v) is 6.14. The maximum atomic E-state index is 12.9. The molecule has 1 fully saturated rings. The van der Waals surface area contributed by atoms with Gasteiger partial charge < -0.3 is 14.2 Å². The number of ether oxygens (including phenoxy) is 3.